The summed E-state index contributed by atoms with van der Waals surface area (Å²) in [5.74, 6) is 0.727. The van der Waals surface area contributed by atoms with Crippen molar-refractivity contribution in [3.05, 3.63) is 46.5 Å². The minimum atomic E-state index is -2.94. The summed E-state index contributed by atoms with van der Waals surface area (Å²) < 4.78 is 39.8. The molecule has 136 valence electrons. The molecule has 0 spiro atoms. The Kier molecular flexibility index (Phi) is 5.85. The number of halogens is 3. The number of thiophene rings is 1. The third kappa shape index (κ3) is 4.39. The van der Waals surface area contributed by atoms with Crippen molar-refractivity contribution in [3.8, 4) is 22.9 Å². The molecular weight excluding hydrogens is 386 g/mol. The Morgan fingerprint density at radius 1 is 1.35 bits per heavy atom. The Bertz CT molecular complexity index is 897. The molecule has 0 amide bonds. The highest BCUT2D eigenvalue weighted by Crippen LogP contribution is 2.32. The van der Waals surface area contributed by atoms with Gasteiger partial charge in [0.25, 0.3) is 5.89 Å². The maximum Gasteiger partial charge on any atom is 0.387 e. The molecule has 2 heterocycles. The monoisotopic (exact) mass is 398 g/mol. The van der Waals surface area contributed by atoms with Crippen molar-refractivity contribution < 1.29 is 22.8 Å². The van der Waals surface area contributed by atoms with Crippen molar-refractivity contribution in [1.82, 2.24) is 10.1 Å². The molecular formula is C17H13ClF2N2O3S. The maximum absolute atomic E-state index is 12.5. The predicted octanol–water partition coefficient (Wildman–Crippen LogP) is 5.54. The van der Waals surface area contributed by atoms with Gasteiger partial charge in [0.2, 0.25) is 5.82 Å². The number of nitrogens with zero attached hydrogens (tertiary/aromatic N) is 2. The lowest BCUT2D eigenvalue weighted by atomic mass is 10.2. The SMILES string of the molecule is CCOc1cc(C=C(Cl)c2nc(-c3ccsc3)no2)ccc1OC(F)F. The van der Waals surface area contributed by atoms with Gasteiger partial charge in [-0.05, 0) is 42.1 Å². The lowest BCUT2D eigenvalue weighted by Crippen LogP contribution is -2.04. The summed E-state index contributed by atoms with van der Waals surface area (Å²) in [5.41, 5.74) is 1.44. The number of hydrogen-bond donors (Lipinski definition) is 0. The predicted molar refractivity (Wildman–Crippen MR) is 95.6 cm³/mol. The van der Waals surface area contributed by atoms with Gasteiger partial charge in [0.15, 0.2) is 11.5 Å². The van der Waals surface area contributed by atoms with Crippen LogP contribution in [0, 0.1) is 0 Å². The van der Waals surface area contributed by atoms with E-state index in [9.17, 15) is 8.78 Å². The Hall–Kier alpha value is -2.45. The van der Waals surface area contributed by atoms with Gasteiger partial charge in [-0.3, -0.25) is 0 Å². The van der Waals surface area contributed by atoms with Crippen LogP contribution in [0.4, 0.5) is 8.78 Å². The minimum absolute atomic E-state index is 0.0485. The van der Waals surface area contributed by atoms with E-state index in [0.717, 1.165) is 5.56 Å². The summed E-state index contributed by atoms with van der Waals surface area (Å²) >= 11 is 7.76. The van der Waals surface area contributed by atoms with Gasteiger partial charge in [-0.1, -0.05) is 22.8 Å². The zero-order valence-corrected chi connectivity index (χ0v) is 15.1. The first-order valence-electron chi connectivity index (χ1n) is 7.52. The van der Waals surface area contributed by atoms with E-state index in [2.05, 4.69) is 14.9 Å². The highest BCUT2D eigenvalue weighted by molar-refractivity contribution is 7.08. The first-order chi connectivity index (χ1) is 12.6. The molecule has 0 fully saturated rings. The summed E-state index contributed by atoms with van der Waals surface area (Å²) in [6.45, 7) is -0.895. The van der Waals surface area contributed by atoms with Crippen LogP contribution >= 0.6 is 22.9 Å². The van der Waals surface area contributed by atoms with Gasteiger partial charge in [-0.25, -0.2) is 0 Å². The number of alkyl halides is 2. The summed E-state index contributed by atoms with van der Waals surface area (Å²) in [6.07, 6.45) is 1.57. The minimum Gasteiger partial charge on any atom is -0.490 e. The van der Waals surface area contributed by atoms with E-state index in [1.807, 2.05) is 16.8 Å². The molecule has 1 aromatic carbocycles. The zero-order valence-electron chi connectivity index (χ0n) is 13.5. The molecule has 0 atom stereocenters. The van der Waals surface area contributed by atoms with Crippen LogP contribution in [0.15, 0.2) is 39.5 Å². The van der Waals surface area contributed by atoms with Crippen molar-refractivity contribution in [1.29, 1.82) is 0 Å². The van der Waals surface area contributed by atoms with Crippen molar-refractivity contribution in [2.75, 3.05) is 6.61 Å². The second-order valence-electron chi connectivity index (χ2n) is 4.95. The van der Waals surface area contributed by atoms with E-state index in [4.69, 9.17) is 20.9 Å². The van der Waals surface area contributed by atoms with Crippen LogP contribution in [0.2, 0.25) is 0 Å². The molecule has 0 bridgehead atoms. The van der Waals surface area contributed by atoms with Gasteiger partial charge in [0, 0.05) is 10.9 Å². The zero-order chi connectivity index (χ0) is 18.5. The standard InChI is InChI=1S/C17H13ClF2N2O3S/c1-2-23-14-8-10(3-4-13(14)24-17(19)20)7-12(18)16-21-15(22-25-16)11-5-6-26-9-11/h3-9,17H,2H2,1H3. The molecule has 3 rings (SSSR count). The molecule has 26 heavy (non-hydrogen) atoms. The number of benzene rings is 1. The summed E-state index contributed by atoms with van der Waals surface area (Å²) in [6, 6.07) is 6.36. The summed E-state index contributed by atoms with van der Waals surface area (Å²) in [7, 11) is 0. The quantitative estimate of drug-likeness (QED) is 0.523. The van der Waals surface area contributed by atoms with E-state index in [1.165, 1.54) is 17.4 Å². The Morgan fingerprint density at radius 2 is 2.19 bits per heavy atom. The number of hydrogen-bond acceptors (Lipinski definition) is 6. The van der Waals surface area contributed by atoms with Crippen LogP contribution in [0.5, 0.6) is 11.5 Å². The van der Waals surface area contributed by atoms with Gasteiger partial charge in [-0.15, -0.1) is 0 Å². The Balaban J connectivity index is 1.85. The topological polar surface area (TPSA) is 57.4 Å². The molecule has 5 nitrogen and oxygen atoms in total. The Labute approximate surface area is 156 Å². The van der Waals surface area contributed by atoms with E-state index < -0.39 is 6.61 Å². The first-order valence-corrected chi connectivity index (χ1v) is 8.84. The van der Waals surface area contributed by atoms with Gasteiger partial charge in [0.1, 0.15) is 5.03 Å². The van der Waals surface area contributed by atoms with Crippen molar-refractivity contribution in [3.63, 3.8) is 0 Å². The van der Waals surface area contributed by atoms with Crippen LogP contribution in [0.3, 0.4) is 0 Å². The van der Waals surface area contributed by atoms with Gasteiger partial charge >= 0.3 is 6.61 Å². The van der Waals surface area contributed by atoms with E-state index in [-0.39, 0.29) is 22.4 Å². The van der Waals surface area contributed by atoms with Crippen LogP contribution in [-0.2, 0) is 0 Å². The fourth-order valence-corrected chi connectivity index (χ4v) is 2.95. The number of ether oxygens (including phenoxy) is 2. The van der Waals surface area contributed by atoms with Crippen molar-refractivity contribution in [2.45, 2.75) is 13.5 Å². The lowest BCUT2D eigenvalue weighted by Gasteiger charge is -2.11. The first kappa shape index (κ1) is 18.3. The number of rotatable bonds is 7. The number of aromatic nitrogens is 2. The van der Waals surface area contributed by atoms with Gasteiger partial charge < -0.3 is 14.0 Å². The van der Waals surface area contributed by atoms with E-state index in [1.54, 1.807) is 25.1 Å². The van der Waals surface area contributed by atoms with Crippen molar-refractivity contribution >= 4 is 34.0 Å². The lowest BCUT2D eigenvalue weighted by molar-refractivity contribution is -0.0514. The van der Waals surface area contributed by atoms with E-state index in [0.29, 0.717) is 18.0 Å². The Morgan fingerprint density at radius 3 is 2.88 bits per heavy atom. The second-order valence-corrected chi connectivity index (χ2v) is 6.13. The molecule has 0 saturated heterocycles. The summed E-state index contributed by atoms with van der Waals surface area (Å²) in [4.78, 5) is 4.24. The molecule has 0 aliphatic rings. The third-order valence-electron chi connectivity index (χ3n) is 3.19. The molecule has 2 aromatic heterocycles. The molecule has 0 N–H and O–H groups in total. The molecule has 0 radical (unpaired) electrons. The molecule has 3 aromatic rings. The fraction of sp³-hybridized carbons (Fsp3) is 0.176. The highest BCUT2D eigenvalue weighted by atomic mass is 35.5. The molecule has 0 aliphatic carbocycles. The van der Waals surface area contributed by atoms with Crippen LogP contribution in [0.1, 0.15) is 18.4 Å². The van der Waals surface area contributed by atoms with Gasteiger partial charge in [-0.2, -0.15) is 25.1 Å². The summed E-state index contributed by atoms with van der Waals surface area (Å²) in [5, 5.41) is 7.89. The normalized spacial score (nSPS) is 11.8. The third-order valence-corrected chi connectivity index (χ3v) is 4.14. The fourth-order valence-electron chi connectivity index (χ4n) is 2.11. The van der Waals surface area contributed by atoms with Gasteiger partial charge in [0.05, 0.1) is 6.61 Å². The van der Waals surface area contributed by atoms with Crippen LogP contribution in [0.25, 0.3) is 22.5 Å². The smallest absolute Gasteiger partial charge is 0.387 e. The second kappa shape index (κ2) is 8.29. The molecule has 0 saturated carbocycles. The average Bonchev–Trinajstić information content (AvgIpc) is 3.28. The van der Waals surface area contributed by atoms with Crippen LogP contribution in [-0.4, -0.2) is 23.4 Å². The molecule has 0 aliphatic heterocycles. The van der Waals surface area contributed by atoms with Crippen molar-refractivity contribution in [2.24, 2.45) is 0 Å². The average molecular weight is 399 g/mol. The highest BCUT2D eigenvalue weighted by Gasteiger charge is 2.14. The molecule has 0 unspecified atom stereocenters. The maximum atomic E-state index is 12.5. The largest absolute Gasteiger partial charge is 0.490 e. The van der Waals surface area contributed by atoms with E-state index >= 15 is 0 Å². The molecule has 9 heteroatoms. The van der Waals surface area contributed by atoms with Crippen LogP contribution < -0.4 is 9.47 Å².